The molecule has 0 heterocycles. The normalized spacial score (nSPS) is 37.8. The summed E-state index contributed by atoms with van der Waals surface area (Å²) in [4.78, 5) is 11.8. The molecule has 2 bridgehead atoms. The molecule has 0 aromatic carbocycles. The van der Waals surface area contributed by atoms with Gasteiger partial charge in [0.1, 0.15) is 0 Å². The minimum Gasteiger partial charge on any atom is -0.356 e. The van der Waals surface area contributed by atoms with Gasteiger partial charge in [0, 0.05) is 18.5 Å². The lowest BCUT2D eigenvalue weighted by atomic mass is 9.75. The third-order valence-corrected chi connectivity index (χ3v) is 5.31. The summed E-state index contributed by atoms with van der Waals surface area (Å²) in [7, 11) is 0. The Morgan fingerprint density at radius 3 is 2.65 bits per heavy atom. The number of fused-ring (bicyclic) bond motifs is 2. The van der Waals surface area contributed by atoms with Crippen LogP contribution in [0.1, 0.15) is 51.4 Å². The van der Waals surface area contributed by atoms with Crippen LogP contribution in [-0.4, -0.2) is 18.0 Å². The average molecular weight is 236 g/mol. The first-order valence-corrected chi connectivity index (χ1v) is 7.20. The molecule has 1 amide bonds. The molecule has 0 aromatic heterocycles. The van der Waals surface area contributed by atoms with Crippen LogP contribution in [0.25, 0.3) is 0 Å². The molecule has 0 aromatic rings. The van der Waals surface area contributed by atoms with Crippen LogP contribution in [-0.2, 0) is 4.79 Å². The van der Waals surface area contributed by atoms with E-state index in [1.54, 1.807) is 0 Å². The number of amides is 1. The van der Waals surface area contributed by atoms with Gasteiger partial charge in [-0.2, -0.15) is 0 Å². The highest BCUT2D eigenvalue weighted by molar-refractivity contribution is 5.77. The number of nitrogens with two attached hydrogens (primary N) is 1. The van der Waals surface area contributed by atoms with Gasteiger partial charge in [0.05, 0.1) is 0 Å². The van der Waals surface area contributed by atoms with Crippen molar-refractivity contribution in [3.05, 3.63) is 0 Å². The van der Waals surface area contributed by atoms with Crippen molar-refractivity contribution < 1.29 is 4.79 Å². The minimum atomic E-state index is -0.168. The molecular weight excluding hydrogens is 212 g/mol. The number of hydrogen-bond acceptors (Lipinski definition) is 2. The summed E-state index contributed by atoms with van der Waals surface area (Å²) in [5, 5.41) is 3.11. The van der Waals surface area contributed by atoms with E-state index in [9.17, 15) is 4.79 Å². The molecule has 3 unspecified atom stereocenters. The molecule has 0 spiro atoms. The Balaban J connectivity index is 1.40. The van der Waals surface area contributed by atoms with Gasteiger partial charge in [0.15, 0.2) is 0 Å². The minimum absolute atomic E-state index is 0.168. The van der Waals surface area contributed by atoms with Gasteiger partial charge in [-0.3, -0.25) is 4.79 Å². The van der Waals surface area contributed by atoms with Crippen molar-refractivity contribution in [3.8, 4) is 0 Å². The standard InChI is InChI=1S/C14H24N2O/c15-14(4-1-5-14)8-13(17)16-9-12-7-10-2-3-11(12)6-10/h10-12H,1-9,15H2,(H,16,17). The lowest BCUT2D eigenvalue weighted by Crippen LogP contribution is -2.50. The second-order valence-corrected chi connectivity index (χ2v) is 6.63. The van der Waals surface area contributed by atoms with Gasteiger partial charge in [-0.25, -0.2) is 0 Å². The molecule has 3 nitrogen and oxygen atoms in total. The van der Waals surface area contributed by atoms with Crippen LogP contribution < -0.4 is 11.1 Å². The molecule has 3 aliphatic rings. The molecule has 96 valence electrons. The third-order valence-electron chi connectivity index (χ3n) is 5.31. The molecule has 0 radical (unpaired) electrons. The van der Waals surface area contributed by atoms with Crippen LogP contribution in [0, 0.1) is 17.8 Å². The zero-order valence-electron chi connectivity index (χ0n) is 10.6. The third kappa shape index (κ3) is 2.35. The largest absolute Gasteiger partial charge is 0.356 e. The van der Waals surface area contributed by atoms with E-state index >= 15 is 0 Å². The van der Waals surface area contributed by atoms with E-state index < -0.39 is 0 Å². The van der Waals surface area contributed by atoms with Crippen molar-refractivity contribution in [1.29, 1.82) is 0 Å². The number of rotatable bonds is 4. The van der Waals surface area contributed by atoms with Crippen LogP contribution in [0.3, 0.4) is 0 Å². The summed E-state index contributed by atoms with van der Waals surface area (Å²) in [5.41, 5.74) is 5.92. The van der Waals surface area contributed by atoms with Crippen LogP contribution in [0.15, 0.2) is 0 Å². The maximum atomic E-state index is 11.8. The Morgan fingerprint density at radius 2 is 2.12 bits per heavy atom. The van der Waals surface area contributed by atoms with E-state index in [-0.39, 0.29) is 11.4 Å². The van der Waals surface area contributed by atoms with Crippen molar-refractivity contribution in [1.82, 2.24) is 5.32 Å². The summed E-state index contributed by atoms with van der Waals surface area (Å²) >= 11 is 0. The first kappa shape index (κ1) is 11.5. The van der Waals surface area contributed by atoms with E-state index in [1.807, 2.05) is 0 Å². The molecule has 3 N–H and O–H groups in total. The molecular formula is C14H24N2O. The lowest BCUT2D eigenvalue weighted by Gasteiger charge is -2.37. The predicted octanol–water partition coefficient (Wildman–Crippen LogP) is 1.81. The molecule has 3 rings (SSSR count). The fraction of sp³-hybridized carbons (Fsp3) is 0.929. The molecule has 3 aliphatic carbocycles. The van der Waals surface area contributed by atoms with E-state index in [0.717, 1.165) is 37.1 Å². The van der Waals surface area contributed by atoms with E-state index in [1.165, 1.54) is 32.1 Å². The fourth-order valence-electron chi connectivity index (χ4n) is 4.06. The summed E-state index contributed by atoms with van der Waals surface area (Å²) < 4.78 is 0. The van der Waals surface area contributed by atoms with Crippen LogP contribution in [0.2, 0.25) is 0 Å². The second-order valence-electron chi connectivity index (χ2n) is 6.63. The van der Waals surface area contributed by atoms with E-state index in [4.69, 9.17) is 5.73 Å². The van der Waals surface area contributed by atoms with Gasteiger partial charge in [0.2, 0.25) is 5.91 Å². The van der Waals surface area contributed by atoms with E-state index in [0.29, 0.717) is 6.42 Å². The summed E-state index contributed by atoms with van der Waals surface area (Å²) in [5.74, 6) is 2.80. The smallest absolute Gasteiger partial charge is 0.221 e. The molecule has 17 heavy (non-hydrogen) atoms. The van der Waals surface area contributed by atoms with Crippen LogP contribution in [0.5, 0.6) is 0 Å². The number of hydrogen-bond donors (Lipinski definition) is 2. The highest BCUT2D eigenvalue weighted by Crippen LogP contribution is 2.47. The second kappa shape index (κ2) is 4.27. The number of carbonyl (C=O) groups is 1. The highest BCUT2D eigenvalue weighted by Gasteiger charge is 2.40. The molecule has 3 saturated carbocycles. The van der Waals surface area contributed by atoms with Crippen molar-refractivity contribution in [3.63, 3.8) is 0 Å². The SMILES string of the molecule is NC1(CC(=O)NCC2CC3CCC2C3)CCC1. The highest BCUT2D eigenvalue weighted by atomic mass is 16.1. The Kier molecular flexibility index (Phi) is 2.89. The fourth-order valence-corrected chi connectivity index (χ4v) is 4.06. The predicted molar refractivity (Wildman–Crippen MR) is 67.3 cm³/mol. The summed E-state index contributed by atoms with van der Waals surface area (Å²) in [6.07, 6.45) is 9.36. The zero-order chi connectivity index (χ0) is 11.9. The molecule has 3 atom stereocenters. The quantitative estimate of drug-likeness (QED) is 0.782. The monoisotopic (exact) mass is 236 g/mol. The van der Waals surface area contributed by atoms with Gasteiger partial charge in [0.25, 0.3) is 0 Å². The van der Waals surface area contributed by atoms with E-state index in [2.05, 4.69) is 5.32 Å². The summed E-state index contributed by atoms with van der Waals surface area (Å²) in [6, 6.07) is 0. The van der Waals surface area contributed by atoms with Gasteiger partial charge in [-0.1, -0.05) is 6.42 Å². The Labute approximate surface area is 104 Å². The Hall–Kier alpha value is -0.570. The van der Waals surface area contributed by atoms with Crippen molar-refractivity contribution in [2.24, 2.45) is 23.5 Å². The molecule has 3 fully saturated rings. The number of carbonyl (C=O) groups excluding carboxylic acids is 1. The first-order valence-electron chi connectivity index (χ1n) is 7.20. The Morgan fingerprint density at radius 1 is 1.29 bits per heavy atom. The lowest BCUT2D eigenvalue weighted by molar-refractivity contribution is -0.123. The summed E-state index contributed by atoms with van der Waals surface area (Å²) in [6.45, 7) is 0.899. The molecule has 0 saturated heterocycles. The van der Waals surface area contributed by atoms with Crippen molar-refractivity contribution in [2.45, 2.75) is 56.9 Å². The maximum absolute atomic E-state index is 11.8. The Bertz CT molecular complexity index is 311. The van der Waals surface area contributed by atoms with Gasteiger partial charge < -0.3 is 11.1 Å². The van der Waals surface area contributed by atoms with Crippen molar-refractivity contribution >= 4 is 5.91 Å². The van der Waals surface area contributed by atoms with Crippen molar-refractivity contribution in [2.75, 3.05) is 6.54 Å². The van der Waals surface area contributed by atoms with Crippen LogP contribution in [0.4, 0.5) is 0 Å². The molecule has 0 aliphatic heterocycles. The zero-order valence-corrected chi connectivity index (χ0v) is 10.6. The number of nitrogens with one attached hydrogen (secondary N) is 1. The first-order chi connectivity index (χ1) is 8.15. The van der Waals surface area contributed by atoms with Gasteiger partial charge in [-0.15, -0.1) is 0 Å². The van der Waals surface area contributed by atoms with Gasteiger partial charge in [-0.05, 0) is 56.3 Å². The average Bonchev–Trinajstić information content (AvgIpc) is 2.85. The van der Waals surface area contributed by atoms with Gasteiger partial charge >= 0.3 is 0 Å². The topological polar surface area (TPSA) is 55.1 Å². The molecule has 3 heteroatoms. The maximum Gasteiger partial charge on any atom is 0.221 e. The van der Waals surface area contributed by atoms with Crippen LogP contribution >= 0.6 is 0 Å².